The summed E-state index contributed by atoms with van der Waals surface area (Å²) in [4.78, 5) is 32.1. The fraction of sp³-hybridized carbons (Fsp3) is 0.409. The van der Waals surface area contributed by atoms with Crippen molar-refractivity contribution in [1.29, 1.82) is 0 Å². The molecule has 1 N–H and O–H groups in total. The van der Waals surface area contributed by atoms with Crippen molar-refractivity contribution in [2.45, 2.75) is 52.7 Å². The minimum absolute atomic E-state index is 0.0870. The minimum atomic E-state index is -0.561. The van der Waals surface area contributed by atoms with Gasteiger partial charge >= 0.3 is 6.09 Å². The summed E-state index contributed by atoms with van der Waals surface area (Å²) in [5, 5.41) is 4.46. The molecule has 1 aromatic carbocycles. The fourth-order valence-electron chi connectivity index (χ4n) is 3.42. The first-order chi connectivity index (χ1) is 14.6. The van der Waals surface area contributed by atoms with Gasteiger partial charge in [0.05, 0.1) is 16.8 Å². The zero-order valence-electron chi connectivity index (χ0n) is 17.9. The van der Waals surface area contributed by atoms with Crippen molar-refractivity contribution in [1.82, 2.24) is 9.88 Å². The molecule has 0 spiro atoms. The number of benzene rings is 1. The number of rotatable bonds is 3. The maximum absolute atomic E-state index is 13.7. The Morgan fingerprint density at radius 2 is 2.06 bits per heavy atom. The van der Waals surface area contributed by atoms with Crippen molar-refractivity contribution in [3.8, 4) is 10.6 Å². The van der Waals surface area contributed by atoms with Crippen LogP contribution in [0.2, 0.25) is 0 Å². The third-order valence-corrected chi connectivity index (χ3v) is 7.03. The predicted octanol–water partition coefficient (Wildman–Crippen LogP) is 5.81. The summed E-state index contributed by atoms with van der Waals surface area (Å²) in [5.41, 5.74) is 2.00. The second-order valence-electron chi connectivity index (χ2n) is 8.39. The average Bonchev–Trinajstić information content (AvgIpc) is 3.25. The van der Waals surface area contributed by atoms with Crippen molar-refractivity contribution in [2.75, 3.05) is 11.9 Å². The number of fused-ring (bicyclic) bond motifs is 2. The Morgan fingerprint density at radius 1 is 1.29 bits per heavy atom. The maximum Gasteiger partial charge on any atom is 0.410 e. The van der Waals surface area contributed by atoms with E-state index in [1.165, 1.54) is 34.8 Å². The van der Waals surface area contributed by atoms with Crippen molar-refractivity contribution >= 4 is 49.9 Å². The van der Waals surface area contributed by atoms with E-state index in [1.54, 1.807) is 17.9 Å². The summed E-state index contributed by atoms with van der Waals surface area (Å²) in [6, 6.07) is 4.56. The molecular formula is C22H24FN3O3S2. The van der Waals surface area contributed by atoms with Gasteiger partial charge in [-0.15, -0.1) is 22.7 Å². The Labute approximate surface area is 188 Å². The lowest BCUT2D eigenvalue weighted by Crippen LogP contribution is -2.39. The second-order valence-corrected chi connectivity index (χ2v) is 10.5. The van der Waals surface area contributed by atoms with E-state index in [2.05, 4.69) is 10.3 Å². The number of thiophene rings is 1. The van der Waals surface area contributed by atoms with Crippen LogP contribution in [0, 0.1) is 5.82 Å². The van der Waals surface area contributed by atoms with Crippen molar-refractivity contribution in [3.05, 3.63) is 34.5 Å². The molecule has 164 valence electrons. The number of halogens is 1. The van der Waals surface area contributed by atoms with Crippen LogP contribution in [0.3, 0.4) is 0 Å². The molecule has 0 fully saturated rings. The summed E-state index contributed by atoms with van der Waals surface area (Å²) in [6.45, 7) is 8.27. The zero-order valence-corrected chi connectivity index (χ0v) is 19.5. The first-order valence-corrected chi connectivity index (χ1v) is 11.8. The van der Waals surface area contributed by atoms with Crippen LogP contribution in [0.5, 0.6) is 0 Å². The van der Waals surface area contributed by atoms with Crippen LogP contribution in [-0.4, -0.2) is 34.0 Å². The highest BCUT2D eigenvalue weighted by Crippen LogP contribution is 2.45. The molecule has 0 radical (unpaired) electrons. The number of hydrogen-bond donors (Lipinski definition) is 1. The standard InChI is InChI=1S/C22H24FN3O3S2/c1-5-17(27)25-20-18(19-24-14-10-12(23)6-7-15(14)30-19)13-8-9-26(11-16(13)31-20)21(28)29-22(2,3)4/h6-7,10H,5,8-9,11H2,1-4H3,(H,25,27). The number of thiazole rings is 1. The smallest absolute Gasteiger partial charge is 0.410 e. The van der Waals surface area contributed by atoms with Gasteiger partial charge in [-0.25, -0.2) is 14.2 Å². The number of hydrogen-bond acceptors (Lipinski definition) is 6. The van der Waals surface area contributed by atoms with Crippen LogP contribution in [0.25, 0.3) is 20.8 Å². The average molecular weight is 462 g/mol. The fourth-order valence-corrected chi connectivity index (χ4v) is 5.79. The number of nitrogens with zero attached hydrogens (tertiary/aromatic N) is 2. The van der Waals surface area contributed by atoms with E-state index >= 15 is 0 Å². The van der Waals surface area contributed by atoms with Crippen molar-refractivity contribution < 1.29 is 18.7 Å². The summed E-state index contributed by atoms with van der Waals surface area (Å²) in [7, 11) is 0. The highest BCUT2D eigenvalue weighted by Gasteiger charge is 2.31. The van der Waals surface area contributed by atoms with E-state index in [0.717, 1.165) is 30.7 Å². The summed E-state index contributed by atoms with van der Waals surface area (Å²) in [6.07, 6.45) is 0.645. The third kappa shape index (κ3) is 4.57. The number of nitrogens with one attached hydrogen (secondary N) is 1. The van der Waals surface area contributed by atoms with Gasteiger partial charge in [0.2, 0.25) is 5.91 Å². The van der Waals surface area contributed by atoms with Gasteiger partial charge in [-0.3, -0.25) is 4.79 Å². The van der Waals surface area contributed by atoms with Gasteiger partial charge in [0.15, 0.2) is 0 Å². The molecule has 2 amide bonds. The van der Waals surface area contributed by atoms with E-state index in [4.69, 9.17) is 4.74 Å². The molecule has 0 saturated carbocycles. The number of amides is 2. The molecule has 0 saturated heterocycles. The summed E-state index contributed by atoms with van der Waals surface area (Å²) >= 11 is 2.94. The van der Waals surface area contributed by atoms with Gasteiger partial charge in [-0.05, 0) is 44.9 Å². The molecule has 1 aliphatic rings. The van der Waals surface area contributed by atoms with Crippen LogP contribution in [-0.2, 0) is 22.5 Å². The molecule has 6 nitrogen and oxygen atoms in total. The van der Waals surface area contributed by atoms with Crippen molar-refractivity contribution in [3.63, 3.8) is 0 Å². The van der Waals surface area contributed by atoms with E-state index < -0.39 is 5.60 Å². The Bertz CT molecular complexity index is 1160. The van der Waals surface area contributed by atoms with E-state index in [-0.39, 0.29) is 17.8 Å². The highest BCUT2D eigenvalue weighted by molar-refractivity contribution is 7.22. The number of ether oxygens (including phenoxy) is 1. The molecule has 0 bridgehead atoms. The highest BCUT2D eigenvalue weighted by atomic mass is 32.1. The van der Waals surface area contributed by atoms with E-state index in [1.807, 2.05) is 20.8 Å². The van der Waals surface area contributed by atoms with Gasteiger partial charge in [-0.1, -0.05) is 6.92 Å². The molecule has 0 aliphatic carbocycles. The summed E-state index contributed by atoms with van der Waals surface area (Å²) < 4.78 is 20.1. The first-order valence-electron chi connectivity index (χ1n) is 10.1. The van der Waals surface area contributed by atoms with E-state index in [0.29, 0.717) is 31.4 Å². The summed E-state index contributed by atoms with van der Waals surface area (Å²) in [5.74, 6) is -0.416. The van der Waals surface area contributed by atoms with Gasteiger partial charge < -0.3 is 15.0 Å². The minimum Gasteiger partial charge on any atom is -0.444 e. The number of carbonyl (C=O) groups excluding carboxylic acids is 2. The molecule has 0 unspecified atom stereocenters. The van der Waals surface area contributed by atoms with Gasteiger partial charge in [0, 0.05) is 29.5 Å². The largest absolute Gasteiger partial charge is 0.444 e. The Morgan fingerprint density at radius 3 is 2.77 bits per heavy atom. The van der Waals surface area contributed by atoms with Crippen molar-refractivity contribution in [2.24, 2.45) is 0 Å². The van der Waals surface area contributed by atoms with Crippen LogP contribution >= 0.6 is 22.7 Å². The molecule has 3 heterocycles. The molecular weight excluding hydrogens is 437 g/mol. The first kappa shape index (κ1) is 21.7. The maximum atomic E-state index is 13.7. The monoisotopic (exact) mass is 461 g/mol. The Hall–Kier alpha value is -2.52. The SMILES string of the molecule is CCC(=O)Nc1sc2c(c1-c1nc3cc(F)ccc3s1)CCN(C(=O)OC(C)(C)C)C2. The van der Waals surface area contributed by atoms with Gasteiger partial charge in [0.1, 0.15) is 21.4 Å². The van der Waals surface area contributed by atoms with Crippen LogP contribution in [0.1, 0.15) is 44.6 Å². The van der Waals surface area contributed by atoms with Gasteiger partial charge in [0.25, 0.3) is 0 Å². The molecule has 2 aromatic heterocycles. The lowest BCUT2D eigenvalue weighted by Gasteiger charge is -2.30. The zero-order chi connectivity index (χ0) is 22.3. The quantitative estimate of drug-likeness (QED) is 0.535. The number of carbonyl (C=O) groups is 2. The lowest BCUT2D eigenvalue weighted by atomic mass is 10.0. The topological polar surface area (TPSA) is 71.5 Å². The molecule has 0 atom stereocenters. The van der Waals surface area contributed by atoms with Crippen LogP contribution in [0.4, 0.5) is 14.2 Å². The van der Waals surface area contributed by atoms with Crippen LogP contribution < -0.4 is 5.32 Å². The normalized spacial score (nSPS) is 13.9. The number of aromatic nitrogens is 1. The molecule has 1 aliphatic heterocycles. The molecule has 4 rings (SSSR count). The second kappa shape index (κ2) is 8.20. The Kier molecular flexibility index (Phi) is 5.74. The number of anilines is 1. The molecule has 31 heavy (non-hydrogen) atoms. The van der Waals surface area contributed by atoms with Gasteiger partial charge in [-0.2, -0.15) is 0 Å². The Balaban J connectivity index is 1.73. The molecule has 9 heteroatoms. The van der Waals surface area contributed by atoms with Crippen LogP contribution in [0.15, 0.2) is 18.2 Å². The lowest BCUT2D eigenvalue weighted by molar-refractivity contribution is -0.115. The van der Waals surface area contributed by atoms with E-state index in [9.17, 15) is 14.0 Å². The predicted molar refractivity (Wildman–Crippen MR) is 122 cm³/mol. The molecule has 3 aromatic rings. The third-order valence-electron chi connectivity index (χ3n) is 4.85.